The van der Waals surface area contributed by atoms with Crippen LogP contribution in [0.4, 0.5) is 9.59 Å². The molecule has 2 atom stereocenters. The summed E-state index contributed by atoms with van der Waals surface area (Å²) in [6.07, 6.45) is -1.08. The van der Waals surface area contributed by atoms with E-state index in [0.717, 1.165) is 4.90 Å². The summed E-state index contributed by atoms with van der Waals surface area (Å²) in [5, 5.41) is 6.79. The van der Waals surface area contributed by atoms with Crippen LogP contribution in [0, 0.1) is 0 Å². The van der Waals surface area contributed by atoms with E-state index in [2.05, 4.69) is 10.6 Å². The number of esters is 1. The van der Waals surface area contributed by atoms with Crippen LogP contribution in [-0.2, 0) is 19.1 Å². The second kappa shape index (κ2) is 8.51. The molecule has 0 unspecified atom stereocenters. The summed E-state index contributed by atoms with van der Waals surface area (Å²) in [7, 11) is 1.33. The Balaban J connectivity index is 2.14. The fourth-order valence-electron chi connectivity index (χ4n) is 2.57. The summed E-state index contributed by atoms with van der Waals surface area (Å²) in [4.78, 5) is 61.3. The van der Waals surface area contributed by atoms with Crippen molar-refractivity contribution < 1.29 is 28.7 Å². The lowest BCUT2D eigenvalue weighted by Crippen LogP contribution is -2.44. The van der Waals surface area contributed by atoms with E-state index in [4.69, 9.17) is 4.74 Å². The third kappa shape index (κ3) is 4.45. The molecular formula is C18H22N4O6. The monoisotopic (exact) mass is 390 g/mol. The molecule has 0 saturated carbocycles. The zero-order valence-corrected chi connectivity index (χ0v) is 15.8. The van der Waals surface area contributed by atoms with Gasteiger partial charge in [-0.25, -0.2) is 9.59 Å². The molecule has 1 aromatic carbocycles. The largest absolute Gasteiger partial charge is 0.446 e. The van der Waals surface area contributed by atoms with Gasteiger partial charge in [0.25, 0.3) is 11.8 Å². The van der Waals surface area contributed by atoms with Gasteiger partial charge in [-0.2, -0.15) is 0 Å². The Morgan fingerprint density at radius 2 is 1.86 bits per heavy atom. The highest BCUT2D eigenvalue weighted by Crippen LogP contribution is 2.22. The number of carbonyl (C=O) groups is 5. The van der Waals surface area contributed by atoms with E-state index < -0.39 is 48.0 Å². The predicted molar refractivity (Wildman–Crippen MR) is 96.8 cm³/mol. The second-order valence-corrected chi connectivity index (χ2v) is 6.36. The molecule has 1 aliphatic rings. The standard InChI is InChI=1S/C18H22N4O6/c1-4-18(2)15(25)22(17(27)21-18)10-12(23)28-13(11-8-6-5-7-9-11)14(24)20-16(26)19-3/h5-9,13H,4,10H2,1-3H3,(H,21,27)(H2,19,20,24,26)/t13-,18+/m0/s1. The molecule has 1 aliphatic heterocycles. The van der Waals surface area contributed by atoms with Crippen LogP contribution in [0.1, 0.15) is 31.9 Å². The summed E-state index contributed by atoms with van der Waals surface area (Å²) in [5.74, 6) is -2.39. The second-order valence-electron chi connectivity index (χ2n) is 6.36. The third-order valence-corrected chi connectivity index (χ3v) is 4.39. The van der Waals surface area contributed by atoms with E-state index in [9.17, 15) is 24.0 Å². The molecule has 0 aromatic heterocycles. The normalized spacial score (nSPS) is 19.6. The molecule has 6 amide bonds. The zero-order valence-electron chi connectivity index (χ0n) is 15.8. The van der Waals surface area contributed by atoms with Crippen molar-refractivity contribution in [1.82, 2.24) is 20.9 Å². The molecule has 3 N–H and O–H groups in total. The smallest absolute Gasteiger partial charge is 0.327 e. The molecule has 1 heterocycles. The number of rotatable bonds is 6. The maximum Gasteiger partial charge on any atom is 0.327 e. The van der Waals surface area contributed by atoms with Crippen LogP contribution in [0.5, 0.6) is 0 Å². The molecule has 150 valence electrons. The number of hydrogen-bond acceptors (Lipinski definition) is 6. The van der Waals surface area contributed by atoms with Crippen molar-refractivity contribution in [1.29, 1.82) is 0 Å². The van der Waals surface area contributed by atoms with E-state index in [-0.39, 0.29) is 0 Å². The lowest BCUT2D eigenvalue weighted by Gasteiger charge is -2.20. The number of ether oxygens (including phenoxy) is 1. The van der Waals surface area contributed by atoms with E-state index in [1.165, 1.54) is 7.05 Å². The number of nitrogens with zero attached hydrogens (tertiary/aromatic N) is 1. The van der Waals surface area contributed by atoms with E-state index in [1.807, 2.05) is 5.32 Å². The first kappa shape index (κ1) is 20.9. The fourth-order valence-corrected chi connectivity index (χ4v) is 2.57. The molecule has 28 heavy (non-hydrogen) atoms. The highest BCUT2D eigenvalue weighted by molar-refractivity contribution is 6.08. The number of urea groups is 2. The molecule has 10 nitrogen and oxygen atoms in total. The minimum atomic E-state index is -1.43. The predicted octanol–water partition coefficient (Wildman–Crippen LogP) is 0.447. The van der Waals surface area contributed by atoms with Crippen molar-refractivity contribution >= 4 is 29.8 Å². The van der Waals surface area contributed by atoms with Crippen LogP contribution in [0.15, 0.2) is 30.3 Å². The third-order valence-electron chi connectivity index (χ3n) is 4.39. The highest BCUT2D eigenvalue weighted by Gasteiger charge is 2.47. The summed E-state index contributed by atoms with van der Waals surface area (Å²) in [6, 6.07) is 6.58. The number of amides is 6. The van der Waals surface area contributed by atoms with Crippen LogP contribution in [0.3, 0.4) is 0 Å². The number of imide groups is 2. The van der Waals surface area contributed by atoms with Crippen LogP contribution < -0.4 is 16.0 Å². The summed E-state index contributed by atoms with van der Waals surface area (Å²) in [5.41, 5.74) is -0.764. The van der Waals surface area contributed by atoms with E-state index in [1.54, 1.807) is 44.2 Å². The van der Waals surface area contributed by atoms with Crippen molar-refractivity contribution in [3.63, 3.8) is 0 Å². The average Bonchev–Trinajstić information content (AvgIpc) is 2.90. The molecule has 2 rings (SSSR count). The molecule has 1 saturated heterocycles. The van der Waals surface area contributed by atoms with Crippen molar-refractivity contribution in [2.45, 2.75) is 31.9 Å². The Morgan fingerprint density at radius 1 is 1.21 bits per heavy atom. The van der Waals surface area contributed by atoms with E-state index >= 15 is 0 Å². The molecule has 0 aliphatic carbocycles. The molecule has 0 radical (unpaired) electrons. The number of hydrogen-bond donors (Lipinski definition) is 3. The maximum absolute atomic E-state index is 12.4. The molecule has 1 aromatic rings. The van der Waals surface area contributed by atoms with Crippen molar-refractivity contribution in [3.8, 4) is 0 Å². The number of nitrogens with one attached hydrogen (secondary N) is 3. The zero-order chi connectivity index (χ0) is 20.9. The van der Waals surface area contributed by atoms with Gasteiger partial charge in [0.1, 0.15) is 12.1 Å². The lowest BCUT2D eigenvalue weighted by atomic mass is 9.99. The quantitative estimate of drug-likeness (QED) is 0.477. The summed E-state index contributed by atoms with van der Waals surface area (Å²) < 4.78 is 5.20. The Morgan fingerprint density at radius 3 is 2.39 bits per heavy atom. The SMILES string of the molecule is CC[C@@]1(C)NC(=O)N(CC(=O)O[C@H](C(=O)NC(=O)NC)c2ccccc2)C1=O. The van der Waals surface area contributed by atoms with Crippen LogP contribution in [0.25, 0.3) is 0 Å². The fraction of sp³-hybridized carbons (Fsp3) is 0.389. The van der Waals surface area contributed by atoms with Gasteiger partial charge < -0.3 is 15.4 Å². The van der Waals surface area contributed by atoms with Crippen LogP contribution in [-0.4, -0.2) is 53.9 Å². The first-order valence-electron chi connectivity index (χ1n) is 8.63. The Kier molecular flexibility index (Phi) is 6.34. The van der Waals surface area contributed by atoms with E-state index in [0.29, 0.717) is 12.0 Å². The first-order chi connectivity index (χ1) is 13.2. The maximum atomic E-state index is 12.4. The molecule has 10 heteroatoms. The van der Waals surface area contributed by atoms with Gasteiger partial charge in [0, 0.05) is 12.6 Å². The number of benzene rings is 1. The molecular weight excluding hydrogens is 368 g/mol. The highest BCUT2D eigenvalue weighted by atomic mass is 16.5. The van der Waals surface area contributed by atoms with Gasteiger partial charge in [-0.3, -0.25) is 24.6 Å². The first-order valence-corrected chi connectivity index (χ1v) is 8.63. The number of carbonyl (C=O) groups excluding carboxylic acids is 5. The average molecular weight is 390 g/mol. The Hall–Kier alpha value is -3.43. The topological polar surface area (TPSA) is 134 Å². The van der Waals surface area contributed by atoms with Gasteiger partial charge >= 0.3 is 18.0 Å². The van der Waals surface area contributed by atoms with Crippen molar-refractivity contribution in [3.05, 3.63) is 35.9 Å². The Bertz CT molecular complexity index is 797. The van der Waals surface area contributed by atoms with Gasteiger partial charge in [0.2, 0.25) is 6.10 Å². The van der Waals surface area contributed by atoms with Gasteiger partial charge in [0.05, 0.1) is 0 Å². The van der Waals surface area contributed by atoms with Crippen molar-refractivity contribution in [2.24, 2.45) is 0 Å². The molecule has 0 spiro atoms. The van der Waals surface area contributed by atoms with Gasteiger partial charge in [-0.15, -0.1) is 0 Å². The Labute approximate surface area is 161 Å². The lowest BCUT2D eigenvalue weighted by molar-refractivity contribution is -0.157. The van der Waals surface area contributed by atoms with Gasteiger partial charge in [-0.1, -0.05) is 37.3 Å². The summed E-state index contributed by atoms with van der Waals surface area (Å²) >= 11 is 0. The van der Waals surface area contributed by atoms with Crippen LogP contribution >= 0.6 is 0 Å². The minimum absolute atomic E-state index is 0.327. The summed E-state index contributed by atoms with van der Waals surface area (Å²) in [6.45, 7) is 2.63. The molecule has 0 bridgehead atoms. The molecule has 1 fully saturated rings. The van der Waals surface area contributed by atoms with Gasteiger partial charge in [0.15, 0.2) is 0 Å². The minimum Gasteiger partial charge on any atom is -0.446 e. The van der Waals surface area contributed by atoms with Gasteiger partial charge in [-0.05, 0) is 13.3 Å². The van der Waals surface area contributed by atoms with Crippen molar-refractivity contribution in [2.75, 3.05) is 13.6 Å². The van der Waals surface area contributed by atoms with Crippen LogP contribution in [0.2, 0.25) is 0 Å².